The van der Waals surface area contributed by atoms with Crippen LogP contribution >= 0.6 is 0 Å². The summed E-state index contributed by atoms with van der Waals surface area (Å²) in [6.07, 6.45) is 12.1. The second-order valence-corrected chi connectivity index (χ2v) is 12.3. The lowest BCUT2D eigenvalue weighted by molar-refractivity contribution is -0.148. The van der Waals surface area contributed by atoms with Gasteiger partial charge in [0.15, 0.2) is 0 Å². The first-order chi connectivity index (χ1) is 16.3. The molecule has 2 bridgehead atoms. The Morgan fingerprint density at radius 1 is 1.00 bits per heavy atom. The van der Waals surface area contributed by atoms with E-state index in [1.807, 2.05) is 0 Å². The molecule has 5 aliphatic rings. The molecule has 0 amide bonds. The molecule has 3 nitrogen and oxygen atoms in total. The summed E-state index contributed by atoms with van der Waals surface area (Å²) in [4.78, 5) is 2.18. The summed E-state index contributed by atoms with van der Waals surface area (Å²) >= 11 is 0. The molecule has 178 valence electrons. The molecule has 2 saturated carbocycles. The largest absolute Gasteiger partial charge is 0.387 e. The molecule has 7 rings (SSSR count). The molecule has 0 unspecified atom stereocenters. The molecule has 0 radical (unpaired) electrons. The predicted octanol–water partition coefficient (Wildman–Crippen LogP) is 5.98. The maximum Gasteiger partial charge on any atom is 0.0958 e. The Hall–Kier alpha value is -1.94. The molecule has 34 heavy (non-hydrogen) atoms. The van der Waals surface area contributed by atoms with E-state index in [2.05, 4.69) is 80.5 Å². The lowest BCUT2D eigenvalue weighted by Crippen LogP contribution is -2.57. The number of aliphatic hydroxyl groups excluding tert-OH is 1. The quantitative estimate of drug-likeness (QED) is 0.604. The van der Waals surface area contributed by atoms with E-state index in [1.54, 1.807) is 0 Å². The summed E-state index contributed by atoms with van der Waals surface area (Å²) < 4.78 is 7.37. The van der Waals surface area contributed by atoms with Crippen LogP contribution in [0.5, 0.6) is 0 Å². The van der Waals surface area contributed by atoms with E-state index in [9.17, 15) is 5.11 Å². The third-order valence-corrected chi connectivity index (χ3v) is 10.6. The minimum atomic E-state index is -0.415. The predicted molar refractivity (Wildman–Crippen MR) is 137 cm³/mol. The van der Waals surface area contributed by atoms with Crippen molar-refractivity contribution in [2.45, 2.75) is 81.1 Å². The fourth-order valence-electron chi connectivity index (χ4n) is 8.89. The SMILES string of the molecule is CN(C)[C@H]1C[C@@]23CC[C@@]4(O2)C(=CC3=C[C@@H]1O)CC[C@]1(C)[C@@H](c2ccc3ccccc3c2)CC[C@H]14. The normalized spacial score (nSPS) is 42.7. The zero-order valence-electron chi connectivity index (χ0n) is 20.8. The van der Waals surface area contributed by atoms with Crippen LogP contribution in [0, 0.1) is 11.3 Å². The smallest absolute Gasteiger partial charge is 0.0958 e. The molecule has 3 aliphatic carbocycles. The van der Waals surface area contributed by atoms with Crippen LogP contribution in [0.15, 0.2) is 65.8 Å². The lowest BCUT2D eigenvalue weighted by Gasteiger charge is -2.56. The molecule has 0 aromatic heterocycles. The van der Waals surface area contributed by atoms with Crippen LogP contribution in [0.1, 0.15) is 63.4 Å². The van der Waals surface area contributed by atoms with Crippen molar-refractivity contribution in [2.75, 3.05) is 14.1 Å². The second kappa shape index (κ2) is 7.06. The highest BCUT2D eigenvalue weighted by atomic mass is 16.5. The summed E-state index contributed by atoms with van der Waals surface area (Å²) in [6, 6.07) is 16.1. The van der Waals surface area contributed by atoms with Gasteiger partial charge in [-0.15, -0.1) is 0 Å². The van der Waals surface area contributed by atoms with Crippen LogP contribution in [-0.4, -0.2) is 47.4 Å². The van der Waals surface area contributed by atoms with Gasteiger partial charge in [0.05, 0.1) is 17.3 Å². The number of hydrogen-bond acceptors (Lipinski definition) is 3. The number of hydrogen-bond donors (Lipinski definition) is 1. The molecule has 2 aromatic rings. The first-order valence-electron chi connectivity index (χ1n) is 13.3. The van der Waals surface area contributed by atoms with E-state index in [-0.39, 0.29) is 22.7 Å². The maximum absolute atomic E-state index is 10.8. The van der Waals surface area contributed by atoms with Crippen molar-refractivity contribution in [3.05, 3.63) is 71.3 Å². The van der Waals surface area contributed by atoms with Gasteiger partial charge >= 0.3 is 0 Å². The summed E-state index contributed by atoms with van der Waals surface area (Å²) in [5.74, 6) is 1.17. The number of benzene rings is 2. The minimum Gasteiger partial charge on any atom is -0.387 e. The van der Waals surface area contributed by atoms with Crippen molar-refractivity contribution in [1.82, 2.24) is 4.90 Å². The molecule has 3 fully saturated rings. The summed E-state index contributed by atoms with van der Waals surface area (Å²) in [5, 5.41) is 13.5. The van der Waals surface area contributed by atoms with E-state index >= 15 is 0 Å². The molecule has 2 aromatic carbocycles. The van der Waals surface area contributed by atoms with Crippen molar-refractivity contribution in [3.8, 4) is 0 Å². The van der Waals surface area contributed by atoms with Gasteiger partial charge in [-0.25, -0.2) is 0 Å². The van der Waals surface area contributed by atoms with Gasteiger partial charge in [-0.1, -0.05) is 55.5 Å². The van der Waals surface area contributed by atoms with Gasteiger partial charge in [0.2, 0.25) is 0 Å². The molecule has 7 atom stereocenters. The third kappa shape index (κ3) is 2.69. The number of likely N-dealkylation sites (N-methyl/N-ethyl adjacent to an activating group) is 1. The first-order valence-corrected chi connectivity index (χ1v) is 13.3. The van der Waals surface area contributed by atoms with E-state index in [1.165, 1.54) is 46.7 Å². The number of aliphatic hydroxyl groups is 1. The average molecular weight is 456 g/mol. The van der Waals surface area contributed by atoms with Crippen molar-refractivity contribution in [2.24, 2.45) is 11.3 Å². The Kier molecular flexibility index (Phi) is 4.43. The fourth-order valence-corrected chi connectivity index (χ4v) is 8.89. The molecule has 1 N–H and O–H groups in total. The van der Waals surface area contributed by atoms with Gasteiger partial charge < -0.3 is 14.7 Å². The monoisotopic (exact) mass is 455 g/mol. The van der Waals surface area contributed by atoms with Crippen LogP contribution in [0.2, 0.25) is 0 Å². The Labute approximate surface area is 203 Å². The number of fused-ring (bicyclic) bond motifs is 2. The van der Waals surface area contributed by atoms with Gasteiger partial charge in [-0.2, -0.15) is 0 Å². The lowest BCUT2D eigenvalue weighted by atomic mass is 9.56. The Morgan fingerprint density at radius 3 is 2.65 bits per heavy atom. The van der Waals surface area contributed by atoms with Crippen molar-refractivity contribution in [1.29, 1.82) is 0 Å². The summed E-state index contributed by atoms with van der Waals surface area (Å²) in [5.41, 5.74) is 4.25. The molecule has 2 aliphatic heterocycles. The number of rotatable bonds is 2. The zero-order chi connectivity index (χ0) is 23.3. The van der Waals surface area contributed by atoms with Gasteiger partial charge in [-0.3, -0.25) is 0 Å². The zero-order valence-corrected chi connectivity index (χ0v) is 20.8. The van der Waals surface area contributed by atoms with Crippen LogP contribution in [0.3, 0.4) is 0 Å². The van der Waals surface area contributed by atoms with Crippen LogP contribution < -0.4 is 0 Å². The highest BCUT2D eigenvalue weighted by Gasteiger charge is 2.67. The van der Waals surface area contributed by atoms with Crippen LogP contribution in [0.25, 0.3) is 10.8 Å². The van der Waals surface area contributed by atoms with Gasteiger partial charge in [-0.05, 0) is 110 Å². The number of nitrogens with zero attached hydrogens (tertiary/aromatic N) is 1. The summed E-state index contributed by atoms with van der Waals surface area (Å²) in [7, 11) is 4.17. The van der Waals surface area contributed by atoms with E-state index < -0.39 is 6.10 Å². The van der Waals surface area contributed by atoms with Crippen molar-refractivity contribution in [3.63, 3.8) is 0 Å². The molecular formula is C31H37NO2. The van der Waals surface area contributed by atoms with Crippen LogP contribution in [-0.2, 0) is 4.74 Å². The molecule has 2 heterocycles. The van der Waals surface area contributed by atoms with Gasteiger partial charge in [0.25, 0.3) is 0 Å². The topological polar surface area (TPSA) is 32.7 Å². The van der Waals surface area contributed by atoms with E-state index in [0.717, 1.165) is 25.7 Å². The molecule has 1 saturated heterocycles. The second-order valence-electron chi connectivity index (χ2n) is 12.3. The van der Waals surface area contributed by atoms with Crippen molar-refractivity contribution < 1.29 is 9.84 Å². The molecular weight excluding hydrogens is 418 g/mol. The number of ether oxygens (including phenoxy) is 1. The van der Waals surface area contributed by atoms with Crippen LogP contribution in [0.4, 0.5) is 0 Å². The maximum atomic E-state index is 10.8. The minimum absolute atomic E-state index is 0.102. The molecule has 2 spiro atoms. The highest BCUT2D eigenvalue weighted by molar-refractivity contribution is 5.83. The van der Waals surface area contributed by atoms with Gasteiger partial charge in [0.1, 0.15) is 0 Å². The highest BCUT2D eigenvalue weighted by Crippen LogP contribution is 2.70. The van der Waals surface area contributed by atoms with E-state index in [0.29, 0.717) is 11.8 Å². The third-order valence-electron chi connectivity index (χ3n) is 10.6. The van der Waals surface area contributed by atoms with E-state index in [4.69, 9.17) is 4.74 Å². The van der Waals surface area contributed by atoms with Gasteiger partial charge in [0, 0.05) is 6.04 Å². The Morgan fingerprint density at radius 2 is 1.82 bits per heavy atom. The first kappa shape index (κ1) is 21.4. The Balaban J connectivity index is 1.28. The fraction of sp³-hybridized carbons (Fsp3) is 0.548. The Bertz CT molecular complexity index is 1230. The standard InChI is InChI=1S/C31H37NO2/c1-29-13-12-23-17-24-18-27(33)26(32(2)3)19-30(24)14-15-31(23,34-30)28(29)11-10-25(29)22-9-8-20-6-4-5-7-21(20)16-22/h4-9,16-18,25-28,33H,10-15,19H2,1-3H3/t25-,26+,27+,28-,29-,30-,31-/m1/s1. The van der Waals surface area contributed by atoms with Crippen molar-refractivity contribution >= 4 is 10.8 Å². The summed E-state index contributed by atoms with van der Waals surface area (Å²) in [6.45, 7) is 2.57. The molecule has 3 heteroatoms. The average Bonchev–Trinajstić information content (AvgIpc) is 3.34.